The van der Waals surface area contributed by atoms with E-state index in [0.717, 1.165) is 0 Å². The van der Waals surface area contributed by atoms with Gasteiger partial charge in [-0.15, -0.1) is 0 Å². The van der Waals surface area contributed by atoms with E-state index in [4.69, 9.17) is 4.65 Å². The smallest absolute Gasteiger partial charge is 0.361 e. The van der Waals surface area contributed by atoms with E-state index >= 15 is 0 Å². The average Bonchev–Trinajstić information content (AvgIpc) is 2.12. The first kappa shape index (κ1) is 14.1. The minimum atomic E-state index is -0.670. The molecule has 0 aliphatic carbocycles. The van der Waals surface area contributed by atoms with Gasteiger partial charge in [-0.25, -0.2) is 4.79 Å². The number of rotatable bonds is 4. The second-order valence-electron chi connectivity index (χ2n) is 4.32. The molecule has 0 saturated heterocycles. The van der Waals surface area contributed by atoms with E-state index in [2.05, 4.69) is 9.96 Å². The van der Waals surface area contributed by atoms with Gasteiger partial charge in [-0.2, -0.15) is 0 Å². The highest BCUT2D eigenvalue weighted by molar-refractivity contribution is 6.24. The topological polar surface area (TPSA) is 64.6 Å². The molecule has 0 aliphatic heterocycles. The molecule has 0 rings (SSSR count). The molecule has 1 N–H and O–H groups in total. The van der Waals surface area contributed by atoms with Crippen LogP contribution in [0.5, 0.6) is 0 Å². The fourth-order valence-corrected chi connectivity index (χ4v) is 0.625. The molecule has 5 nitrogen and oxygen atoms in total. The Hall–Kier alpha value is -0.875. The molecule has 0 amide bonds. The largest absolute Gasteiger partial charge is 0.427 e. The first-order valence-corrected chi connectivity index (χ1v) is 4.77. The fourth-order valence-electron chi connectivity index (χ4n) is 0.625. The highest BCUT2D eigenvalue weighted by Crippen LogP contribution is 2.15. The molecule has 0 radical (unpaired) electrons. The van der Waals surface area contributed by atoms with Crippen LogP contribution < -0.4 is 5.23 Å². The molecule has 0 aromatic heterocycles. The maximum absolute atomic E-state index is 11.4. The van der Waals surface area contributed by atoms with E-state index in [9.17, 15) is 9.59 Å². The Balaban J connectivity index is 4.08. The van der Waals surface area contributed by atoms with Gasteiger partial charge in [-0.05, 0) is 27.7 Å². The lowest BCUT2D eigenvalue weighted by Crippen LogP contribution is -2.40. The molecule has 0 aliphatic rings. The highest BCUT2D eigenvalue weighted by Gasteiger charge is 2.27. The fraction of sp³-hybridized carbons (Fsp3) is 0.778. The Labute approximate surface area is 90.8 Å². The number of esters is 2. The van der Waals surface area contributed by atoms with E-state index in [0.29, 0.717) is 0 Å². The van der Waals surface area contributed by atoms with Crippen LogP contribution in [0.4, 0.5) is 0 Å². The van der Waals surface area contributed by atoms with Gasteiger partial charge in [0, 0.05) is 7.11 Å². The van der Waals surface area contributed by atoms with Gasteiger partial charge >= 0.3 is 19.6 Å². The number of carbonyl (C=O) groups excluding carboxylic acids is 2. The number of hydrogen-bond donors (Lipinski definition) is 1. The summed E-state index contributed by atoms with van der Waals surface area (Å²) in [5.41, 5.74) is -0.670. The predicted molar refractivity (Wildman–Crippen MR) is 57.3 cm³/mol. The molecule has 0 aromatic carbocycles. The predicted octanol–water partition coefficient (Wildman–Crippen LogP) is -0.00670. The standard InChI is InChI=1S/C9H18BNO4/c1-6(11-10-14-5)7(12)15-8(13)9(2,3)4/h6,10-11H,1-5H3/t6-/m1/s1. The van der Waals surface area contributed by atoms with E-state index in [-0.39, 0.29) is 7.62 Å². The summed E-state index contributed by atoms with van der Waals surface area (Å²) in [7, 11) is 1.74. The SMILES string of the molecule is COBN[C@H](C)C(=O)OC(=O)C(C)(C)C. The van der Waals surface area contributed by atoms with Crippen LogP contribution in [0.1, 0.15) is 27.7 Å². The molecule has 1 atom stereocenters. The number of hydrogen-bond acceptors (Lipinski definition) is 5. The molecular formula is C9H18BNO4. The summed E-state index contributed by atoms with van der Waals surface area (Å²) < 4.78 is 9.41. The van der Waals surface area contributed by atoms with Crippen LogP contribution in [0.3, 0.4) is 0 Å². The van der Waals surface area contributed by atoms with Crippen molar-refractivity contribution in [3.05, 3.63) is 0 Å². The quantitative estimate of drug-likeness (QED) is 0.406. The maximum Gasteiger partial charge on any atom is 0.361 e. The second-order valence-corrected chi connectivity index (χ2v) is 4.32. The van der Waals surface area contributed by atoms with Crippen LogP contribution in [0, 0.1) is 5.41 Å². The third kappa shape index (κ3) is 5.54. The molecular weight excluding hydrogens is 197 g/mol. The van der Waals surface area contributed by atoms with Crippen molar-refractivity contribution in [2.45, 2.75) is 33.7 Å². The molecule has 0 fully saturated rings. The van der Waals surface area contributed by atoms with Crippen LogP contribution in [0.25, 0.3) is 0 Å². The van der Waals surface area contributed by atoms with E-state index in [1.807, 2.05) is 0 Å². The summed E-state index contributed by atoms with van der Waals surface area (Å²) in [6, 6.07) is -0.559. The molecule has 0 saturated carbocycles. The summed E-state index contributed by atoms with van der Waals surface area (Å²) in [4.78, 5) is 22.7. The minimum absolute atomic E-state index is 0.236. The van der Waals surface area contributed by atoms with Crippen molar-refractivity contribution in [2.75, 3.05) is 7.11 Å². The zero-order valence-electron chi connectivity index (χ0n) is 9.92. The number of ether oxygens (including phenoxy) is 1. The van der Waals surface area contributed by atoms with Crippen molar-refractivity contribution in [1.29, 1.82) is 0 Å². The second kappa shape index (κ2) is 5.87. The maximum atomic E-state index is 11.4. The van der Waals surface area contributed by atoms with Gasteiger partial charge in [-0.1, -0.05) is 0 Å². The van der Waals surface area contributed by atoms with Crippen molar-refractivity contribution in [1.82, 2.24) is 5.23 Å². The third-order valence-corrected chi connectivity index (χ3v) is 1.69. The Morgan fingerprint density at radius 3 is 2.27 bits per heavy atom. The Kier molecular flexibility index (Phi) is 5.53. The first-order chi connectivity index (χ1) is 6.79. The molecule has 0 unspecified atom stereocenters. The Bertz CT molecular complexity index is 237. The van der Waals surface area contributed by atoms with Crippen LogP contribution in [-0.4, -0.2) is 32.7 Å². The van der Waals surface area contributed by atoms with Gasteiger partial charge in [0.25, 0.3) is 0 Å². The van der Waals surface area contributed by atoms with Crippen molar-refractivity contribution >= 4 is 19.6 Å². The van der Waals surface area contributed by atoms with Crippen LogP contribution >= 0.6 is 0 Å². The number of nitrogens with one attached hydrogen (secondary N) is 1. The zero-order chi connectivity index (χ0) is 12.1. The lowest BCUT2D eigenvalue weighted by Gasteiger charge is -2.17. The lowest BCUT2D eigenvalue weighted by molar-refractivity contribution is -0.166. The third-order valence-electron chi connectivity index (χ3n) is 1.69. The molecule has 15 heavy (non-hydrogen) atoms. The zero-order valence-corrected chi connectivity index (χ0v) is 9.92. The summed E-state index contributed by atoms with van der Waals surface area (Å²) in [6.45, 7) is 6.68. The Morgan fingerprint density at radius 1 is 1.33 bits per heavy atom. The van der Waals surface area contributed by atoms with E-state index < -0.39 is 23.4 Å². The highest BCUT2D eigenvalue weighted by atomic mass is 16.6. The average molecular weight is 215 g/mol. The lowest BCUT2D eigenvalue weighted by atomic mass is 9.97. The van der Waals surface area contributed by atoms with Gasteiger partial charge in [0.1, 0.15) is 0 Å². The summed E-state index contributed by atoms with van der Waals surface area (Å²) in [5.74, 6) is -1.12. The Morgan fingerprint density at radius 2 is 1.87 bits per heavy atom. The van der Waals surface area contributed by atoms with E-state index in [1.54, 1.807) is 27.7 Å². The van der Waals surface area contributed by atoms with Crippen LogP contribution in [0.2, 0.25) is 0 Å². The van der Waals surface area contributed by atoms with Crippen LogP contribution in [0.15, 0.2) is 0 Å². The van der Waals surface area contributed by atoms with Gasteiger partial charge in [0.05, 0.1) is 11.5 Å². The van der Waals surface area contributed by atoms with E-state index in [1.165, 1.54) is 7.11 Å². The van der Waals surface area contributed by atoms with Crippen molar-refractivity contribution in [3.63, 3.8) is 0 Å². The molecule has 0 heterocycles. The molecule has 0 bridgehead atoms. The van der Waals surface area contributed by atoms with Crippen molar-refractivity contribution < 1.29 is 19.0 Å². The minimum Gasteiger partial charge on any atom is -0.427 e. The van der Waals surface area contributed by atoms with Crippen LogP contribution in [-0.2, 0) is 19.0 Å². The summed E-state index contributed by atoms with van der Waals surface area (Å²) in [5, 5.41) is 2.74. The van der Waals surface area contributed by atoms with Gasteiger partial charge < -0.3 is 14.6 Å². The number of carbonyl (C=O) groups is 2. The van der Waals surface area contributed by atoms with Gasteiger partial charge in [0.2, 0.25) is 0 Å². The van der Waals surface area contributed by atoms with Gasteiger partial charge in [0.15, 0.2) is 0 Å². The summed E-state index contributed by atoms with van der Waals surface area (Å²) >= 11 is 0. The molecule has 86 valence electrons. The summed E-state index contributed by atoms with van der Waals surface area (Å²) in [6.07, 6.45) is 0. The molecule has 0 aromatic rings. The monoisotopic (exact) mass is 215 g/mol. The molecule has 6 heteroatoms. The molecule has 0 spiro atoms. The van der Waals surface area contributed by atoms with Crippen molar-refractivity contribution in [3.8, 4) is 0 Å². The van der Waals surface area contributed by atoms with Gasteiger partial charge in [-0.3, -0.25) is 4.79 Å². The normalized spacial score (nSPS) is 13.1. The van der Waals surface area contributed by atoms with Crippen molar-refractivity contribution in [2.24, 2.45) is 5.41 Å². The first-order valence-electron chi connectivity index (χ1n) is 4.77.